The van der Waals surface area contributed by atoms with Crippen LogP contribution in [0.3, 0.4) is 0 Å². The maximum absolute atomic E-state index is 12.4. The number of fused-ring (bicyclic) bond motifs is 2. The monoisotopic (exact) mass is 558 g/mol. The van der Waals surface area contributed by atoms with Crippen LogP contribution in [0.4, 0.5) is 5.69 Å². The highest BCUT2D eigenvalue weighted by molar-refractivity contribution is 7.86. The molecule has 3 aromatic carbocycles. The van der Waals surface area contributed by atoms with Gasteiger partial charge in [-0.2, -0.15) is 8.42 Å². The molecule has 38 heavy (non-hydrogen) atoms. The SMILES string of the molecule is Cc1ccc2nc(-c3ccc4nc(-c5ccc(NC(=O)c6cccnc6)cc5)sc4c3)sc2c1S(=O)(=O)O. The first-order valence-electron chi connectivity index (χ1n) is 11.4. The van der Waals surface area contributed by atoms with Crippen molar-refractivity contribution < 1.29 is 17.8 Å². The summed E-state index contributed by atoms with van der Waals surface area (Å²) in [6.45, 7) is 1.65. The van der Waals surface area contributed by atoms with Crippen molar-refractivity contribution in [2.75, 3.05) is 5.32 Å². The number of carbonyl (C=O) groups is 1. The number of carbonyl (C=O) groups excluding carboxylic acids is 1. The average Bonchev–Trinajstić information content (AvgIpc) is 3.52. The lowest BCUT2D eigenvalue weighted by Gasteiger charge is -2.05. The second-order valence-electron chi connectivity index (χ2n) is 8.53. The minimum Gasteiger partial charge on any atom is -0.322 e. The van der Waals surface area contributed by atoms with Crippen molar-refractivity contribution in [1.82, 2.24) is 15.0 Å². The van der Waals surface area contributed by atoms with Gasteiger partial charge in [-0.3, -0.25) is 14.3 Å². The molecule has 0 bridgehead atoms. The maximum atomic E-state index is 12.4. The van der Waals surface area contributed by atoms with E-state index < -0.39 is 10.1 Å². The molecule has 0 saturated heterocycles. The number of nitrogens with zero attached hydrogens (tertiary/aromatic N) is 3. The molecule has 0 fully saturated rings. The van der Waals surface area contributed by atoms with Crippen molar-refractivity contribution in [3.8, 4) is 21.1 Å². The van der Waals surface area contributed by atoms with Gasteiger partial charge in [0.2, 0.25) is 0 Å². The van der Waals surface area contributed by atoms with Crippen molar-refractivity contribution in [3.63, 3.8) is 0 Å². The normalized spacial score (nSPS) is 11.7. The summed E-state index contributed by atoms with van der Waals surface area (Å²) in [5, 5.41) is 4.34. The van der Waals surface area contributed by atoms with Gasteiger partial charge in [-0.25, -0.2) is 9.97 Å². The van der Waals surface area contributed by atoms with Gasteiger partial charge in [0.05, 0.1) is 26.0 Å². The Hall–Kier alpha value is -4.03. The Kier molecular flexibility index (Phi) is 6.00. The number of amides is 1. The van der Waals surface area contributed by atoms with E-state index >= 15 is 0 Å². The lowest BCUT2D eigenvalue weighted by atomic mass is 10.2. The first kappa shape index (κ1) is 24.3. The Labute approximate surface area is 225 Å². The molecule has 2 N–H and O–H groups in total. The molecule has 188 valence electrons. The van der Waals surface area contributed by atoms with Crippen molar-refractivity contribution in [2.24, 2.45) is 0 Å². The highest BCUT2D eigenvalue weighted by atomic mass is 32.2. The molecule has 0 aliphatic carbocycles. The summed E-state index contributed by atoms with van der Waals surface area (Å²) >= 11 is 2.76. The molecule has 0 unspecified atom stereocenters. The van der Waals surface area contributed by atoms with Gasteiger partial charge in [0.25, 0.3) is 16.0 Å². The minimum absolute atomic E-state index is 0.0972. The van der Waals surface area contributed by atoms with Crippen molar-refractivity contribution in [2.45, 2.75) is 11.8 Å². The van der Waals surface area contributed by atoms with Gasteiger partial charge in [-0.05, 0) is 73.2 Å². The summed E-state index contributed by atoms with van der Waals surface area (Å²) in [5.41, 5.74) is 4.72. The third-order valence-corrected chi connectivity index (χ3v) is 9.29. The number of benzene rings is 3. The largest absolute Gasteiger partial charge is 0.322 e. The first-order chi connectivity index (χ1) is 18.3. The first-order valence-corrected chi connectivity index (χ1v) is 14.4. The van der Waals surface area contributed by atoms with Crippen LogP contribution in [0.2, 0.25) is 0 Å². The quantitative estimate of drug-likeness (QED) is 0.233. The zero-order chi connectivity index (χ0) is 26.4. The number of anilines is 1. The molecule has 8 nitrogen and oxygen atoms in total. The van der Waals surface area contributed by atoms with Crippen LogP contribution in [-0.4, -0.2) is 33.8 Å². The molecule has 0 aliphatic heterocycles. The van der Waals surface area contributed by atoms with Gasteiger partial charge in [0, 0.05) is 29.2 Å². The van der Waals surface area contributed by atoms with E-state index in [2.05, 4.69) is 15.3 Å². The predicted molar refractivity (Wildman–Crippen MR) is 150 cm³/mol. The number of pyridine rings is 1. The van der Waals surface area contributed by atoms with Crippen molar-refractivity contribution >= 4 is 64.8 Å². The fourth-order valence-corrected chi connectivity index (χ4v) is 7.41. The van der Waals surface area contributed by atoms with E-state index in [0.717, 1.165) is 26.4 Å². The van der Waals surface area contributed by atoms with Gasteiger partial charge in [-0.15, -0.1) is 22.7 Å². The van der Waals surface area contributed by atoms with E-state index in [1.165, 1.54) is 28.9 Å². The zero-order valence-corrected chi connectivity index (χ0v) is 22.2. The smallest absolute Gasteiger partial charge is 0.296 e. The van der Waals surface area contributed by atoms with Gasteiger partial charge in [0.15, 0.2) is 0 Å². The number of hydrogen-bond acceptors (Lipinski definition) is 8. The molecule has 3 heterocycles. The van der Waals surface area contributed by atoms with Gasteiger partial charge in [0.1, 0.15) is 14.9 Å². The van der Waals surface area contributed by atoms with Crippen molar-refractivity contribution in [1.29, 1.82) is 0 Å². The fourth-order valence-electron chi connectivity index (χ4n) is 4.09. The van der Waals surface area contributed by atoms with Gasteiger partial charge < -0.3 is 5.32 Å². The van der Waals surface area contributed by atoms with Crippen LogP contribution in [0, 0.1) is 6.92 Å². The van der Waals surface area contributed by atoms with Gasteiger partial charge >= 0.3 is 0 Å². The van der Waals surface area contributed by atoms with Crippen LogP contribution in [0.15, 0.2) is 84.0 Å². The Balaban J connectivity index is 1.29. The van der Waals surface area contributed by atoms with E-state index in [0.29, 0.717) is 32.0 Å². The third kappa shape index (κ3) is 4.56. The summed E-state index contributed by atoms with van der Waals surface area (Å²) in [5.74, 6) is -0.230. The van der Waals surface area contributed by atoms with E-state index in [1.807, 2.05) is 42.5 Å². The summed E-state index contributed by atoms with van der Waals surface area (Å²) in [6.07, 6.45) is 3.13. The van der Waals surface area contributed by atoms with Gasteiger partial charge in [-0.1, -0.05) is 6.07 Å². The van der Waals surface area contributed by atoms with Crippen LogP contribution < -0.4 is 5.32 Å². The van der Waals surface area contributed by atoms with Crippen LogP contribution >= 0.6 is 22.7 Å². The predicted octanol–water partition coefficient (Wildman–Crippen LogP) is 6.44. The number of nitrogens with one attached hydrogen (secondary N) is 1. The van der Waals surface area contributed by atoms with Crippen molar-refractivity contribution in [3.05, 3.63) is 90.3 Å². The van der Waals surface area contributed by atoms with Crippen LogP contribution in [0.1, 0.15) is 15.9 Å². The Morgan fingerprint density at radius 2 is 1.61 bits per heavy atom. The van der Waals surface area contributed by atoms with Crippen LogP contribution in [-0.2, 0) is 10.1 Å². The Morgan fingerprint density at radius 3 is 2.34 bits per heavy atom. The zero-order valence-electron chi connectivity index (χ0n) is 19.7. The maximum Gasteiger partial charge on any atom is 0.296 e. The fraction of sp³-hybridized carbons (Fsp3) is 0.0370. The van der Waals surface area contributed by atoms with Crippen LogP contribution in [0.25, 0.3) is 41.6 Å². The van der Waals surface area contributed by atoms with E-state index in [-0.39, 0.29) is 10.8 Å². The molecule has 0 aliphatic rings. The average molecular weight is 559 g/mol. The Morgan fingerprint density at radius 1 is 0.895 bits per heavy atom. The minimum atomic E-state index is -4.38. The lowest BCUT2D eigenvalue weighted by molar-refractivity contribution is 0.102. The number of hydrogen-bond donors (Lipinski definition) is 2. The molecule has 6 aromatic rings. The number of aryl methyl sites for hydroxylation is 1. The second kappa shape index (κ2) is 9.37. The summed E-state index contributed by atoms with van der Waals surface area (Å²) in [7, 11) is -4.38. The molecular formula is C27H18N4O4S3. The van der Waals surface area contributed by atoms with E-state index in [4.69, 9.17) is 4.98 Å². The molecule has 0 spiro atoms. The molecule has 3 aromatic heterocycles. The highest BCUT2D eigenvalue weighted by Crippen LogP contribution is 2.38. The van der Waals surface area contributed by atoms with Crippen LogP contribution in [0.5, 0.6) is 0 Å². The number of rotatable bonds is 5. The summed E-state index contributed by atoms with van der Waals surface area (Å²) in [4.78, 5) is 25.6. The number of thiazole rings is 2. The third-order valence-electron chi connectivity index (χ3n) is 5.92. The molecule has 0 saturated carbocycles. The summed E-state index contributed by atoms with van der Waals surface area (Å²) in [6, 6.07) is 20.1. The lowest BCUT2D eigenvalue weighted by Crippen LogP contribution is -2.11. The number of aromatic nitrogens is 3. The second-order valence-corrected chi connectivity index (χ2v) is 11.9. The topological polar surface area (TPSA) is 122 Å². The standard InChI is InChI=1S/C27H18N4O4S3/c1-15-4-10-21-23(24(15)38(33,34)35)37-27(31-21)17-7-11-20-22(13-17)36-26(30-20)16-5-8-19(9-6-16)29-25(32)18-3-2-12-28-14-18/h2-14H,1H3,(H,29,32)(H,33,34,35). The molecule has 0 radical (unpaired) electrons. The molecule has 0 atom stereocenters. The van der Waals surface area contributed by atoms with E-state index in [9.17, 15) is 17.8 Å². The van der Waals surface area contributed by atoms with E-state index in [1.54, 1.807) is 37.4 Å². The molecular weight excluding hydrogens is 541 g/mol. The summed E-state index contributed by atoms with van der Waals surface area (Å²) < 4.78 is 35.1. The Bertz CT molecular complexity index is 1950. The molecule has 1 amide bonds. The molecule has 6 rings (SSSR count). The highest BCUT2D eigenvalue weighted by Gasteiger charge is 2.21. The molecule has 11 heteroatoms.